The van der Waals surface area contributed by atoms with Crippen LogP contribution in [0.15, 0.2) is 36.4 Å². The van der Waals surface area contributed by atoms with Crippen LogP contribution in [-0.2, 0) is 6.54 Å². The van der Waals surface area contributed by atoms with Gasteiger partial charge in [0.15, 0.2) is 11.5 Å². The van der Waals surface area contributed by atoms with E-state index in [-0.39, 0.29) is 64.3 Å². The Balaban J connectivity index is 1.99. The zero-order valence-electron chi connectivity index (χ0n) is 18.3. The molecule has 2 aromatic carbocycles. The fraction of sp³-hybridized carbons (Fsp3) is 0.130. The minimum absolute atomic E-state index is 0.0142. The van der Waals surface area contributed by atoms with Gasteiger partial charge < -0.3 is 20.3 Å². The highest BCUT2D eigenvalue weighted by atomic mass is 16.6. The maximum Gasteiger partial charge on any atom is 0.271 e. The van der Waals surface area contributed by atoms with E-state index in [1.807, 2.05) is 18.2 Å². The van der Waals surface area contributed by atoms with Gasteiger partial charge in [-0.2, -0.15) is 20.9 Å². The van der Waals surface area contributed by atoms with Gasteiger partial charge in [-0.3, -0.25) is 10.1 Å². The number of nitrogen functional groups attached to an aromatic ring is 1. The number of hydrogen-bond acceptors (Lipinski definition) is 10. The molecule has 174 valence electrons. The molecule has 0 amide bonds. The Bertz CT molecular complexity index is 1450. The smallest absolute Gasteiger partial charge is 0.271 e. The summed E-state index contributed by atoms with van der Waals surface area (Å²) < 4.78 is 12.4. The Hall–Kier alpha value is -5.38. The Kier molecular flexibility index (Phi) is 7.27. The molecule has 0 bridgehead atoms. The first-order valence-electron chi connectivity index (χ1n) is 9.90. The highest BCUT2D eigenvalue weighted by Gasteiger charge is 2.19. The number of non-ortho nitro benzene ring substituents is 1. The standard InChI is InChI=1S/C23H17N7O5/c1-34-21-9-14(8-16(12-25)22-18(13-26)23(27)29(28-22)6-7-31)2-4-20(21)35-19-5-3-17(30(32)33)10-15(19)11-24/h2-5,8-10,31H,6-7,27H2,1H3/b16-8+. The van der Waals surface area contributed by atoms with Crippen molar-refractivity contribution in [2.45, 2.75) is 6.54 Å². The molecule has 1 heterocycles. The number of allylic oxidation sites excluding steroid dienone is 1. The molecule has 3 rings (SSSR count). The van der Waals surface area contributed by atoms with Gasteiger partial charge in [0.1, 0.15) is 46.6 Å². The van der Waals surface area contributed by atoms with E-state index in [0.29, 0.717) is 5.56 Å². The third kappa shape index (κ3) is 5.01. The zero-order chi connectivity index (χ0) is 25.5. The van der Waals surface area contributed by atoms with Crippen molar-refractivity contribution in [1.82, 2.24) is 9.78 Å². The van der Waals surface area contributed by atoms with E-state index in [2.05, 4.69) is 5.10 Å². The number of aliphatic hydroxyl groups is 1. The first kappa shape index (κ1) is 24.3. The minimum atomic E-state index is -0.614. The number of benzene rings is 2. The predicted octanol–water partition coefficient (Wildman–Crippen LogP) is 2.97. The van der Waals surface area contributed by atoms with Crippen molar-refractivity contribution in [1.29, 1.82) is 15.8 Å². The summed E-state index contributed by atoms with van der Waals surface area (Å²) in [5.74, 6) is 0.614. The number of aromatic nitrogens is 2. The molecule has 0 fully saturated rings. The summed E-state index contributed by atoms with van der Waals surface area (Å²) in [6.45, 7) is -0.185. The predicted molar refractivity (Wildman–Crippen MR) is 123 cm³/mol. The summed E-state index contributed by atoms with van der Waals surface area (Å²) in [7, 11) is 1.40. The number of nitro benzene ring substituents is 1. The lowest BCUT2D eigenvalue weighted by Crippen LogP contribution is -2.07. The summed E-state index contributed by atoms with van der Waals surface area (Å²) in [5.41, 5.74) is 6.29. The number of nitriles is 3. The lowest BCUT2D eigenvalue weighted by atomic mass is 10.1. The average molecular weight is 471 g/mol. The first-order valence-corrected chi connectivity index (χ1v) is 9.90. The molecule has 3 N–H and O–H groups in total. The third-order valence-electron chi connectivity index (χ3n) is 4.80. The van der Waals surface area contributed by atoms with Crippen LogP contribution in [0.3, 0.4) is 0 Å². The van der Waals surface area contributed by atoms with Crippen LogP contribution in [0.4, 0.5) is 11.5 Å². The molecule has 0 radical (unpaired) electrons. The summed E-state index contributed by atoms with van der Waals surface area (Å²) in [6.07, 6.45) is 1.48. The van der Waals surface area contributed by atoms with Gasteiger partial charge in [0, 0.05) is 12.1 Å². The topological polar surface area (TPSA) is 197 Å². The van der Waals surface area contributed by atoms with Crippen LogP contribution in [0.2, 0.25) is 0 Å². The van der Waals surface area contributed by atoms with Gasteiger partial charge in [-0.25, -0.2) is 4.68 Å². The minimum Gasteiger partial charge on any atom is -0.493 e. The van der Waals surface area contributed by atoms with Gasteiger partial charge in [0.05, 0.1) is 30.8 Å². The Labute approximate surface area is 199 Å². The molecule has 35 heavy (non-hydrogen) atoms. The fourth-order valence-electron chi connectivity index (χ4n) is 3.14. The molecule has 0 aliphatic heterocycles. The van der Waals surface area contributed by atoms with E-state index in [1.54, 1.807) is 12.1 Å². The van der Waals surface area contributed by atoms with Crippen LogP contribution >= 0.6 is 0 Å². The number of aliphatic hydroxyl groups excluding tert-OH is 1. The fourth-order valence-corrected chi connectivity index (χ4v) is 3.14. The molecular formula is C23H17N7O5. The lowest BCUT2D eigenvalue weighted by molar-refractivity contribution is -0.384. The van der Waals surface area contributed by atoms with E-state index in [9.17, 15) is 25.9 Å². The molecule has 0 spiro atoms. The highest BCUT2D eigenvalue weighted by Crippen LogP contribution is 2.36. The molecule has 3 aromatic rings. The van der Waals surface area contributed by atoms with Crippen molar-refractivity contribution in [2.75, 3.05) is 19.5 Å². The van der Waals surface area contributed by atoms with Gasteiger partial charge in [-0.15, -0.1) is 0 Å². The number of anilines is 1. The summed E-state index contributed by atoms with van der Waals surface area (Å²) >= 11 is 0. The molecule has 0 aliphatic rings. The number of ether oxygens (including phenoxy) is 2. The maximum atomic E-state index is 11.0. The zero-order valence-corrected chi connectivity index (χ0v) is 18.3. The van der Waals surface area contributed by atoms with Crippen LogP contribution in [-0.4, -0.2) is 33.5 Å². The van der Waals surface area contributed by atoms with Crippen LogP contribution in [0, 0.1) is 44.1 Å². The van der Waals surface area contributed by atoms with Gasteiger partial charge in [-0.1, -0.05) is 6.07 Å². The lowest BCUT2D eigenvalue weighted by Gasteiger charge is -2.12. The second-order valence-electron chi connectivity index (χ2n) is 6.90. The number of hydrogen-bond donors (Lipinski definition) is 2. The number of nitrogens with two attached hydrogens (primary N) is 1. The maximum absolute atomic E-state index is 11.0. The quantitative estimate of drug-likeness (QED) is 0.280. The largest absolute Gasteiger partial charge is 0.493 e. The van der Waals surface area contributed by atoms with E-state index in [1.165, 1.54) is 36.1 Å². The van der Waals surface area contributed by atoms with E-state index in [0.717, 1.165) is 6.07 Å². The van der Waals surface area contributed by atoms with E-state index < -0.39 is 4.92 Å². The van der Waals surface area contributed by atoms with Crippen molar-refractivity contribution in [3.05, 3.63) is 68.9 Å². The normalized spacial score (nSPS) is 10.7. The van der Waals surface area contributed by atoms with E-state index >= 15 is 0 Å². The Morgan fingerprint density at radius 1 is 1.20 bits per heavy atom. The number of rotatable bonds is 8. The first-order chi connectivity index (χ1) is 16.9. The molecule has 0 atom stereocenters. The van der Waals surface area contributed by atoms with Crippen molar-refractivity contribution in [3.8, 4) is 35.5 Å². The number of nitro groups is 1. The second-order valence-corrected chi connectivity index (χ2v) is 6.90. The van der Waals surface area contributed by atoms with Crippen LogP contribution in [0.5, 0.6) is 17.2 Å². The van der Waals surface area contributed by atoms with Crippen LogP contribution in [0.25, 0.3) is 11.6 Å². The molecule has 0 aliphatic carbocycles. The summed E-state index contributed by atoms with van der Waals surface area (Å²) in [5, 5.41) is 52.8. The second kappa shape index (κ2) is 10.5. The summed E-state index contributed by atoms with van der Waals surface area (Å²) in [4.78, 5) is 10.3. The van der Waals surface area contributed by atoms with E-state index in [4.69, 9.17) is 20.3 Å². The van der Waals surface area contributed by atoms with Crippen molar-refractivity contribution >= 4 is 23.2 Å². The molecule has 12 nitrogen and oxygen atoms in total. The van der Waals surface area contributed by atoms with Crippen LogP contribution < -0.4 is 15.2 Å². The van der Waals surface area contributed by atoms with Gasteiger partial charge >= 0.3 is 0 Å². The molecule has 0 saturated heterocycles. The monoisotopic (exact) mass is 471 g/mol. The van der Waals surface area contributed by atoms with Crippen LogP contribution in [0.1, 0.15) is 22.4 Å². The molecule has 0 unspecified atom stereocenters. The SMILES string of the molecule is COc1cc(/C=C(\C#N)c2nn(CCO)c(N)c2C#N)ccc1Oc1ccc([N+](=O)[O-])cc1C#N. The number of methoxy groups -OCH3 is 1. The van der Waals surface area contributed by atoms with Crippen molar-refractivity contribution in [3.63, 3.8) is 0 Å². The van der Waals surface area contributed by atoms with Gasteiger partial charge in [-0.05, 0) is 29.8 Å². The van der Waals surface area contributed by atoms with Gasteiger partial charge in [0.2, 0.25) is 0 Å². The third-order valence-corrected chi connectivity index (χ3v) is 4.80. The van der Waals surface area contributed by atoms with Crippen molar-refractivity contribution in [2.24, 2.45) is 0 Å². The average Bonchev–Trinajstić information content (AvgIpc) is 3.18. The summed E-state index contributed by atoms with van der Waals surface area (Å²) in [6, 6.07) is 14.1. The Morgan fingerprint density at radius 3 is 2.54 bits per heavy atom. The molecule has 0 saturated carbocycles. The van der Waals surface area contributed by atoms with Gasteiger partial charge in [0.25, 0.3) is 5.69 Å². The van der Waals surface area contributed by atoms with Crippen molar-refractivity contribution < 1.29 is 19.5 Å². The molecule has 12 heteroatoms. The Morgan fingerprint density at radius 2 is 1.94 bits per heavy atom. The molecule has 1 aromatic heterocycles. The highest BCUT2D eigenvalue weighted by molar-refractivity contribution is 5.91. The number of nitrogens with zero attached hydrogens (tertiary/aromatic N) is 6. The molecular weight excluding hydrogens is 454 g/mol.